The van der Waals surface area contributed by atoms with Crippen molar-refractivity contribution in [3.05, 3.63) is 29.6 Å². The van der Waals surface area contributed by atoms with Crippen molar-refractivity contribution in [1.82, 2.24) is 0 Å². The Morgan fingerprint density at radius 2 is 2.17 bits per heavy atom. The summed E-state index contributed by atoms with van der Waals surface area (Å²) in [6, 6.07) is 3.49. The molecule has 7 heteroatoms. The number of ketones is 1. The van der Waals surface area contributed by atoms with Crippen LogP contribution in [0.5, 0.6) is 0 Å². The molecule has 1 aromatic rings. The average Bonchev–Trinajstić information content (AvgIpc) is 2.29. The van der Waals surface area contributed by atoms with Gasteiger partial charge in [0, 0.05) is 12.7 Å². The van der Waals surface area contributed by atoms with Crippen LogP contribution in [0.4, 0.5) is 10.1 Å². The van der Waals surface area contributed by atoms with Crippen LogP contribution in [0, 0.1) is 5.82 Å². The van der Waals surface area contributed by atoms with Crippen molar-refractivity contribution in [2.75, 3.05) is 30.3 Å². The zero-order chi connectivity index (χ0) is 13.3. The zero-order valence-corrected chi connectivity index (χ0v) is 10.5. The van der Waals surface area contributed by atoms with E-state index in [1.165, 1.54) is 13.2 Å². The number of hydrogen-bond donors (Lipinski definition) is 0. The summed E-state index contributed by atoms with van der Waals surface area (Å²) in [5.74, 6) is -1.78. The third-order valence-electron chi connectivity index (χ3n) is 2.68. The summed E-state index contributed by atoms with van der Waals surface area (Å²) in [7, 11) is -2.24. The Balaban J connectivity index is 2.51. The molecule has 98 valence electrons. The highest BCUT2D eigenvalue weighted by atomic mass is 32.2. The molecule has 0 aliphatic carbocycles. The van der Waals surface area contributed by atoms with Gasteiger partial charge in [-0.25, -0.2) is 12.8 Å². The van der Waals surface area contributed by atoms with Crippen LogP contribution in [0.3, 0.4) is 0 Å². The minimum absolute atomic E-state index is 0.0981. The van der Waals surface area contributed by atoms with Gasteiger partial charge in [-0.2, -0.15) is 0 Å². The summed E-state index contributed by atoms with van der Waals surface area (Å²) in [4.78, 5) is 11.7. The van der Waals surface area contributed by atoms with Crippen LogP contribution in [0.2, 0.25) is 0 Å². The van der Waals surface area contributed by atoms with Gasteiger partial charge in [0.05, 0.1) is 18.8 Å². The Labute approximate surface area is 104 Å². The molecule has 5 nitrogen and oxygen atoms in total. The first-order chi connectivity index (χ1) is 8.45. The molecule has 0 saturated carbocycles. The van der Waals surface area contributed by atoms with E-state index >= 15 is 0 Å². The van der Waals surface area contributed by atoms with Gasteiger partial charge in [0.25, 0.3) is 0 Å². The average molecular weight is 273 g/mol. The lowest BCUT2D eigenvalue weighted by molar-refractivity contribution is 0.101. The number of fused-ring (bicyclic) bond motifs is 1. The van der Waals surface area contributed by atoms with Gasteiger partial charge in [-0.15, -0.1) is 0 Å². The first kappa shape index (κ1) is 13.0. The highest BCUT2D eigenvalue weighted by Crippen LogP contribution is 2.29. The van der Waals surface area contributed by atoms with Crippen molar-refractivity contribution < 1.29 is 22.3 Å². The molecule has 1 aliphatic heterocycles. The molecule has 0 spiro atoms. The molecular weight excluding hydrogens is 261 g/mol. The molecule has 0 N–H and O–H groups in total. The maximum absolute atomic E-state index is 13.1. The Bertz CT molecular complexity index is 585. The van der Waals surface area contributed by atoms with Gasteiger partial charge >= 0.3 is 0 Å². The largest absolute Gasteiger partial charge is 0.383 e. The number of hydrogen-bond acceptors (Lipinski definition) is 4. The van der Waals surface area contributed by atoms with E-state index in [9.17, 15) is 17.6 Å². The van der Waals surface area contributed by atoms with E-state index in [0.29, 0.717) is 0 Å². The van der Waals surface area contributed by atoms with Crippen LogP contribution < -0.4 is 4.31 Å². The summed E-state index contributed by atoms with van der Waals surface area (Å²) in [5, 5.41) is 0. The number of ether oxygens (including phenoxy) is 1. The lowest BCUT2D eigenvalue weighted by atomic mass is 10.1. The van der Waals surface area contributed by atoms with E-state index in [-0.39, 0.29) is 24.4 Å². The van der Waals surface area contributed by atoms with Crippen molar-refractivity contribution in [3.63, 3.8) is 0 Å². The molecule has 0 bridgehead atoms. The van der Waals surface area contributed by atoms with Crippen molar-refractivity contribution in [1.29, 1.82) is 0 Å². The predicted octanol–water partition coefficient (Wildman–Crippen LogP) is 0.805. The van der Waals surface area contributed by atoms with Crippen molar-refractivity contribution in [2.45, 2.75) is 0 Å². The number of methoxy groups -OCH3 is 1. The number of rotatable bonds is 3. The Morgan fingerprint density at radius 1 is 1.44 bits per heavy atom. The fourth-order valence-electron chi connectivity index (χ4n) is 1.85. The fraction of sp³-hybridized carbons (Fsp3) is 0.364. The third-order valence-corrected chi connectivity index (χ3v) is 4.35. The minimum Gasteiger partial charge on any atom is -0.383 e. The van der Waals surface area contributed by atoms with Crippen LogP contribution in [0.15, 0.2) is 18.2 Å². The number of sulfonamides is 1. The highest BCUT2D eigenvalue weighted by molar-refractivity contribution is 7.93. The molecule has 2 rings (SSSR count). The first-order valence-corrected chi connectivity index (χ1v) is 6.89. The SMILES string of the molecule is COCCN1c2ccc(F)cc2C(=O)CS1(=O)=O. The molecule has 0 fully saturated rings. The van der Waals surface area contributed by atoms with Gasteiger partial charge in [0.15, 0.2) is 5.78 Å². The zero-order valence-electron chi connectivity index (χ0n) is 9.72. The molecular formula is C11H12FNO4S. The number of anilines is 1. The smallest absolute Gasteiger partial charge is 0.242 e. The maximum atomic E-state index is 13.1. The van der Waals surface area contributed by atoms with Gasteiger partial charge in [-0.1, -0.05) is 0 Å². The summed E-state index contributed by atoms with van der Waals surface area (Å²) in [5.41, 5.74) is 0.311. The minimum atomic E-state index is -3.69. The highest BCUT2D eigenvalue weighted by Gasteiger charge is 2.34. The fourth-order valence-corrected chi connectivity index (χ4v) is 3.31. The molecule has 0 radical (unpaired) electrons. The molecule has 1 aromatic carbocycles. The number of carbonyl (C=O) groups is 1. The van der Waals surface area contributed by atoms with E-state index in [0.717, 1.165) is 16.4 Å². The molecule has 1 heterocycles. The van der Waals surface area contributed by atoms with E-state index in [2.05, 4.69) is 0 Å². The van der Waals surface area contributed by atoms with Crippen LogP contribution in [-0.4, -0.2) is 40.2 Å². The number of Topliss-reactive ketones (excluding diaryl/α,β-unsaturated/α-hetero) is 1. The summed E-state index contributed by atoms with van der Waals surface area (Å²) >= 11 is 0. The monoisotopic (exact) mass is 273 g/mol. The van der Waals surface area contributed by atoms with Gasteiger partial charge in [-0.3, -0.25) is 9.10 Å². The lowest BCUT2D eigenvalue weighted by Crippen LogP contribution is -2.42. The van der Waals surface area contributed by atoms with E-state index in [1.54, 1.807) is 0 Å². The van der Waals surface area contributed by atoms with Crippen LogP contribution in [0.25, 0.3) is 0 Å². The second-order valence-corrected chi connectivity index (χ2v) is 5.80. The number of benzene rings is 1. The standard InChI is InChI=1S/C11H12FNO4S/c1-17-5-4-13-10-3-2-8(12)6-9(10)11(14)7-18(13,15)16/h2-3,6H,4-5,7H2,1H3. The first-order valence-electron chi connectivity index (χ1n) is 5.28. The van der Waals surface area contributed by atoms with Gasteiger partial charge in [0.1, 0.15) is 11.6 Å². The third kappa shape index (κ3) is 2.23. The molecule has 0 amide bonds. The van der Waals surface area contributed by atoms with Crippen LogP contribution in [0.1, 0.15) is 10.4 Å². The normalized spacial score (nSPS) is 17.7. The van der Waals surface area contributed by atoms with E-state index in [4.69, 9.17) is 4.74 Å². The van der Waals surface area contributed by atoms with E-state index in [1.807, 2.05) is 0 Å². The van der Waals surface area contributed by atoms with Gasteiger partial charge in [-0.05, 0) is 18.2 Å². The lowest BCUT2D eigenvalue weighted by Gasteiger charge is -2.29. The number of carbonyl (C=O) groups excluding carboxylic acids is 1. The second-order valence-electron chi connectivity index (χ2n) is 3.91. The quantitative estimate of drug-likeness (QED) is 0.817. The number of nitrogens with zero attached hydrogens (tertiary/aromatic N) is 1. The summed E-state index contributed by atoms with van der Waals surface area (Å²) in [6.07, 6.45) is 0. The second kappa shape index (κ2) is 4.66. The summed E-state index contributed by atoms with van der Waals surface area (Å²) in [6.45, 7) is 0.301. The Hall–Kier alpha value is -1.47. The van der Waals surface area contributed by atoms with E-state index < -0.39 is 27.4 Å². The van der Waals surface area contributed by atoms with Gasteiger partial charge in [0.2, 0.25) is 10.0 Å². The molecule has 1 aliphatic rings. The Kier molecular flexibility index (Phi) is 3.36. The molecule has 0 aromatic heterocycles. The van der Waals surface area contributed by atoms with Crippen LogP contribution >= 0.6 is 0 Å². The number of halogens is 1. The van der Waals surface area contributed by atoms with Gasteiger partial charge < -0.3 is 4.74 Å². The van der Waals surface area contributed by atoms with Crippen molar-refractivity contribution in [2.24, 2.45) is 0 Å². The van der Waals surface area contributed by atoms with Crippen molar-refractivity contribution in [3.8, 4) is 0 Å². The van der Waals surface area contributed by atoms with Crippen LogP contribution in [-0.2, 0) is 14.8 Å². The summed E-state index contributed by atoms with van der Waals surface area (Å²) < 4.78 is 42.8. The Morgan fingerprint density at radius 3 is 2.83 bits per heavy atom. The predicted molar refractivity (Wildman–Crippen MR) is 63.7 cm³/mol. The topological polar surface area (TPSA) is 63.7 Å². The molecule has 0 saturated heterocycles. The molecule has 0 unspecified atom stereocenters. The maximum Gasteiger partial charge on any atom is 0.242 e. The van der Waals surface area contributed by atoms with Crippen molar-refractivity contribution >= 4 is 21.5 Å². The molecule has 18 heavy (non-hydrogen) atoms. The molecule has 0 atom stereocenters.